The lowest BCUT2D eigenvalue weighted by molar-refractivity contribution is 0.434. The fraction of sp³-hybridized carbons (Fsp3) is 0.692. The monoisotopic (exact) mass is 234 g/mol. The van der Waals surface area contributed by atoms with E-state index in [4.69, 9.17) is 5.73 Å². The summed E-state index contributed by atoms with van der Waals surface area (Å²) in [6, 6.07) is 0.228. The summed E-state index contributed by atoms with van der Waals surface area (Å²) in [5.41, 5.74) is 6.10. The van der Waals surface area contributed by atoms with Crippen LogP contribution in [-0.2, 0) is 6.54 Å². The Balaban J connectivity index is 1.88. The van der Waals surface area contributed by atoms with Gasteiger partial charge < -0.3 is 10.3 Å². The van der Waals surface area contributed by atoms with Crippen molar-refractivity contribution in [1.82, 2.24) is 9.55 Å². The zero-order chi connectivity index (χ0) is 12.1. The van der Waals surface area contributed by atoms with Gasteiger partial charge in [0.15, 0.2) is 0 Å². The van der Waals surface area contributed by atoms with E-state index in [1.54, 1.807) is 6.20 Å². The molecule has 4 nitrogen and oxygen atoms in total. The number of hydrogen-bond acceptors (Lipinski definition) is 2. The zero-order valence-corrected chi connectivity index (χ0v) is 10.5. The van der Waals surface area contributed by atoms with Gasteiger partial charge in [0, 0.05) is 24.9 Å². The second kappa shape index (κ2) is 5.84. The Morgan fingerprint density at radius 3 is 2.88 bits per heavy atom. The Morgan fingerprint density at radius 2 is 2.24 bits per heavy atom. The van der Waals surface area contributed by atoms with Crippen LogP contribution in [0.1, 0.15) is 39.0 Å². The first kappa shape index (κ1) is 12.1. The first-order valence-corrected chi connectivity index (χ1v) is 6.54. The third kappa shape index (κ3) is 3.58. The van der Waals surface area contributed by atoms with Crippen molar-refractivity contribution in [2.24, 2.45) is 16.6 Å². The lowest BCUT2D eigenvalue weighted by atomic mass is 9.88. The first-order valence-electron chi connectivity index (χ1n) is 6.54. The van der Waals surface area contributed by atoms with Gasteiger partial charge in [-0.25, -0.2) is 4.98 Å². The Bertz CT molecular complexity index is 350. The van der Waals surface area contributed by atoms with E-state index >= 15 is 0 Å². The van der Waals surface area contributed by atoms with Gasteiger partial charge in [0.25, 0.3) is 0 Å². The largest absolute Gasteiger partial charge is 0.387 e. The number of aliphatic imine (C=N–C) groups is 1. The summed E-state index contributed by atoms with van der Waals surface area (Å²) in [6.45, 7) is 2.96. The van der Waals surface area contributed by atoms with Crippen molar-refractivity contribution in [2.45, 2.75) is 51.6 Å². The fourth-order valence-corrected chi connectivity index (χ4v) is 2.50. The number of nitrogens with zero attached hydrogens (tertiary/aromatic N) is 3. The molecule has 1 aromatic heterocycles. The number of hydrogen-bond donors (Lipinski definition) is 1. The maximum atomic E-state index is 6.10. The summed E-state index contributed by atoms with van der Waals surface area (Å²) in [6.07, 6.45) is 12.0. The average molecular weight is 234 g/mol. The molecule has 0 bridgehead atoms. The third-order valence-electron chi connectivity index (χ3n) is 3.43. The molecule has 2 rings (SSSR count). The smallest absolute Gasteiger partial charge is 0.0972 e. The third-order valence-corrected chi connectivity index (χ3v) is 3.43. The van der Waals surface area contributed by atoms with Crippen molar-refractivity contribution in [1.29, 1.82) is 0 Å². The molecule has 0 aliphatic heterocycles. The van der Waals surface area contributed by atoms with E-state index in [0.717, 1.165) is 12.4 Å². The van der Waals surface area contributed by atoms with Crippen LogP contribution in [0.3, 0.4) is 0 Å². The lowest BCUT2D eigenvalue weighted by Gasteiger charge is -2.22. The van der Waals surface area contributed by atoms with Gasteiger partial charge in [0.2, 0.25) is 0 Å². The van der Waals surface area contributed by atoms with Gasteiger partial charge in [-0.3, -0.25) is 4.99 Å². The van der Waals surface area contributed by atoms with E-state index in [2.05, 4.69) is 16.9 Å². The van der Waals surface area contributed by atoms with Crippen molar-refractivity contribution in [2.75, 3.05) is 0 Å². The van der Waals surface area contributed by atoms with E-state index in [1.165, 1.54) is 32.1 Å². The van der Waals surface area contributed by atoms with Crippen LogP contribution < -0.4 is 5.73 Å². The van der Waals surface area contributed by atoms with Crippen molar-refractivity contribution in [3.63, 3.8) is 0 Å². The van der Waals surface area contributed by atoms with Gasteiger partial charge in [-0.2, -0.15) is 0 Å². The molecule has 1 aromatic rings. The molecule has 1 aliphatic rings. The molecule has 17 heavy (non-hydrogen) atoms. The molecular weight excluding hydrogens is 212 g/mol. The SMILES string of the molecule is CC(Cn1ccnc1)N=C(N)C1CCCCC1. The number of amidine groups is 1. The molecular formula is C13H22N4. The minimum atomic E-state index is 0.228. The Kier molecular flexibility index (Phi) is 4.18. The van der Waals surface area contributed by atoms with E-state index < -0.39 is 0 Å². The second-order valence-corrected chi connectivity index (χ2v) is 5.00. The van der Waals surface area contributed by atoms with Crippen LogP contribution in [0.25, 0.3) is 0 Å². The van der Waals surface area contributed by atoms with Crippen LogP contribution in [-0.4, -0.2) is 21.4 Å². The number of aromatic nitrogens is 2. The summed E-state index contributed by atoms with van der Waals surface area (Å²) in [4.78, 5) is 8.65. The van der Waals surface area contributed by atoms with Crippen LogP contribution in [0, 0.1) is 5.92 Å². The standard InChI is InChI=1S/C13H22N4/c1-11(9-17-8-7-15-10-17)16-13(14)12-5-3-2-4-6-12/h7-8,10-12H,2-6,9H2,1H3,(H2,14,16). The summed E-state index contributed by atoms with van der Waals surface area (Å²) in [5.74, 6) is 1.38. The summed E-state index contributed by atoms with van der Waals surface area (Å²) in [7, 11) is 0. The van der Waals surface area contributed by atoms with Crippen molar-refractivity contribution < 1.29 is 0 Å². The predicted molar refractivity (Wildman–Crippen MR) is 69.9 cm³/mol. The average Bonchev–Trinajstić information content (AvgIpc) is 2.82. The molecule has 1 saturated carbocycles. The van der Waals surface area contributed by atoms with E-state index in [-0.39, 0.29) is 6.04 Å². The molecule has 1 heterocycles. The normalized spacial score (nSPS) is 20.4. The molecule has 1 aliphatic carbocycles. The maximum absolute atomic E-state index is 6.10. The zero-order valence-electron chi connectivity index (χ0n) is 10.5. The molecule has 4 heteroatoms. The summed E-state index contributed by atoms with van der Waals surface area (Å²) < 4.78 is 2.04. The van der Waals surface area contributed by atoms with E-state index in [9.17, 15) is 0 Å². The van der Waals surface area contributed by atoms with Gasteiger partial charge in [-0.1, -0.05) is 19.3 Å². The fourth-order valence-electron chi connectivity index (χ4n) is 2.50. The van der Waals surface area contributed by atoms with E-state index in [1.807, 2.05) is 17.1 Å². The first-order chi connectivity index (χ1) is 8.25. The topological polar surface area (TPSA) is 56.2 Å². The quantitative estimate of drug-likeness (QED) is 0.641. The van der Waals surface area contributed by atoms with Crippen LogP contribution in [0.5, 0.6) is 0 Å². The summed E-state index contributed by atoms with van der Waals surface area (Å²) >= 11 is 0. The number of nitrogens with two attached hydrogens (primary N) is 1. The van der Waals surface area contributed by atoms with Crippen LogP contribution in [0.2, 0.25) is 0 Å². The molecule has 94 valence electrons. The molecule has 0 saturated heterocycles. The molecule has 1 unspecified atom stereocenters. The molecule has 0 aromatic carbocycles. The van der Waals surface area contributed by atoms with Gasteiger partial charge in [-0.05, 0) is 19.8 Å². The van der Waals surface area contributed by atoms with Crippen molar-refractivity contribution in [3.05, 3.63) is 18.7 Å². The minimum absolute atomic E-state index is 0.228. The second-order valence-electron chi connectivity index (χ2n) is 5.00. The van der Waals surface area contributed by atoms with Gasteiger partial charge in [-0.15, -0.1) is 0 Å². The highest BCUT2D eigenvalue weighted by Gasteiger charge is 2.17. The van der Waals surface area contributed by atoms with E-state index in [0.29, 0.717) is 5.92 Å². The minimum Gasteiger partial charge on any atom is -0.387 e. The molecule has 0 radical (unpaired) electrons. The lowest BCUT2D eigenvalue weighted by Crippen LogP contribution is -2.28. The van der Waals surface area contributed by atoms with Crippen molar-refractivity contribution >= 4 is 5.84 Å². The molecule has 1 fully saturated rings. The Hall–Kier alpha value is -1.32. The predicted octanol–water partition coefficient (Wildman–Crippen LogP) is 2.21. The Morgan fingerprint density at radius 1 is 1.47 bits per heavy atom. The van der Waals surface area contributed by atoms with Crippen LogP contribution in [0.4, 0.5) is 0 Å². The highest BCUT2D eigenvalue weighted by Crippen LogP contribution is 2.23. The van der Waals surface area contributed by atoms with Gasteiger partial charge in [0.1, 0.15) is 0 Å². The highest BCUT2D eigenvalue weighted by atomic mass is 15.0. The number of imidazole rings is 1. The Labute approximate surface area is 103 Å². The molecule has 1 atom stereocenters. The molecule has 2 N–H and O–H groups in total. The maximum Gasteiger partial charge on any atom is 0.0972 e. The van der Waals surface area contributed by atoms with Gasteiger partial charge in [0.05, 0.1) is 18.2 Å². The molecule has 0 spiro atoms. The van der Waals surface area contributed by atoms with Crippen molar-refractivity contribution in [3.8, 4) is 0 Å². The summed E-state index contributed by atoms with van der Waals surface area (Å²) in [5, 5.41) is 0. The number of rotatable bonds is 4. The van der Waals surface area contributed by atoms with Crippen LogP contribution >= 0.6 is 0 Å². The molecule has 0 amide bonds. The van der Waals surface area contributed by atoms with Gasteiger partial charge >= 0.3 is 0 Å². The highest BCUT2D eigenvalue weighted by molar-refractivity contribution is 5.83. The van der Waals surface area contributed by atoms with Crippen LogP contribution in [0.15, 0.2) is 23.7 Å².